The van der Waals surface area contributed by atoms with Crippen molar-refractivity contribution in [2.45, 2.75) is 91.0 Å². The lowest BCUT2D eigenvalue weighted by Gasteiger charge is -2.39. The average Bonchev–Trinajstić information content (AvgIpc) is 2.43. The molecule has 0 heterocycles. The topological polar surface area (TPSA) is 52.6 Å². The fourth-order valence-corrected chi connectivity index (χ4v) is 3.53. The lowest BCUT2D eigenvalue weighted by atomic mass is 10.0. The van der Waals surface area contributed by atoms with Crippen molar-refractivity contribution in [3.8, 4) is 0 Å². The van der Waals surface area contributed by atoms with Gasteiger partial charge < -0.3 is 14.0 Å². The van der Waals surface area contributed by atoms with Gasteiger partial charge in [0.15, 0.2) is 8.32 Å². The zero-order chi connectivity index (χ0) is 18.1. The zero-order valence-corrected chi connectivity index (χ0v) is 17.1. The number of hydrogen-bond acceptors (Lipinski definition) is 4. The van der Waals surface area contributed by atoms with Gasteiger partial charge in [-0.05, 0) is 44.3 Å². The molecule has 0 aliphatic rings. The van der Waals surface area contributed by atoms with E-state index in [4.69, 9.17) is 9.16 Å². The number of hydrogen-bond donors (Lipinski definition) is 0. The SMILES string of the molecule is CCOC(=O)CC[C@@H](CCC[C@@H](C)C=O)O[Si](C)(C)C(C)(C)C. The van der Waals surface area contributed by atoms with Gasteiger partial charge in [0.1, 0.15) is 6.29 Å². The maximum Gasteiger partial charge on any atom is 0.305 e. The molecular formula is C18H36O4Si. The van der Waals surface area contributed by atoms with E-state index in [2.05, 4.69) is 33.9 Å². The molecule has 136 valence electrons. The summed E-state index contributed by atoms with van der Waals surface area (Å²) in [6, 6.07) is 0. The van der Waals surface area contributed by atoms with Crippen LogP contribution < -0.4 is 0 Å². The number of aldehydes is 1. The number of ether oxygens (including phenoxy) is 1. The molecule has 0 aromatic carbocycles. The third-order valence-corrected chi connectivity index (χ3v) is 9.20. The van der Waals surface area contributed by atoms with E-state index < -0.39 is 8.32 Å². The smallest absolute Gasteiger partial charge is 0.305 e. The lowest BCUT2D eigenvalue weighted by Crippen LogP contribution is -2.44. The highest BCUT2D eigenvalue weighted by Crippen LogP contribution is 2.38. The van der Waals surface area contributed by atoms with Gasteiger partial charge in [0.05, 0.1) is 6.61 Å². The Morgan fingerprint density at radius 1 is 1.17 bits per heavy atom. The molecule has 0 aromatic heterocycles. The maximum absolute atomic E-state index is 11.6. The highest BCUT2D eigenvalue weighted by atomic mass is 28.4. The molecule has 0 unspecified atom stereocenters. The minimum Gasteiger partial charge on any atom is -0.466 e. The van der Waals surface area contributed by atoms with E-state index in [0.717, 1.165) is 25.5 Å². The summed E-state index contributed by atoms with van der Waals surface area (Å²) in [5.41, 5.74) is 0. The van der Waals surface area contributed by atoms with E-state index in [1.165, 1.54) is 0 Å². The number of carbonyl (C=O) groups is 2. The van der Waals surface area contributed by atoms with Crippen LogP contribution in [0.5, 0.6) is 0 Å². The number of esters is 1. The molecular weight excluding hydrogens is 308 g/mol. The van der Waals surface area contributed by atoms with Crippen LogP contribution in [0.1, 0.15) is 66.7 Å². The molecule has 0 aliphatic heterocycles. The fourth-order valence-electron chi connectivity index (χ4n) is 2.10. The maximum atomic E-state index is 11.6. The van der Waals surface area contributed by atoms with Gasteiger partial charge in [0.2, 0.25) is 0 Å². The predicted molar refractivity (Wildman–Crippen MR) is 97.0 cm³/mol. The number of rotatable bonds is 11. The molecule has 23 heavy (non-hydrogen) atoms. The Hall–Kier alpha value is -0.683. The van der Waals surface area contributed by atoms with Crippen molar-refractivity contribution in [2.24, 2.45) is 5.92 Å². The molecule has 4 nitrogen and oxygen atoms in total. The van der Waals surface area contributed by atoms with Crippen LogP contribution in [-0.2, 0) is 18.8 Å². The van der Waals surface area contributed by atoms with Crippen LogP contribution in [0, 0.1) is 5.92 Å². The molecule has 5 heteroatoms. The van der Waals surface area contributed by atoms with E-state index in [1.54, 1.807) is 0 Å². The summed E-state index contributed by atoms with van der Waals surface area (Å²) in [5, 5.41) is 0.144. The van der Waals surface area contributed by atoms with E-state index in [0.29, 0.717) is 19.4 Å². The van der Waals surface area contributed by atoms with Gasteiger partial charge in [-0.3, -0.25) is 4.79 Å². The highest BCUT2D eigenvalue weighted by molar-refractivity contribution is 6.74. The first-order chi connectivity index (χ1) is 10.5. The van der Waals surface area contributed by atoms with Crippen molar-refractivity contribution in [3.63, 3.8) is 0 Å². The van der Waals surface area contributed by atoms with Crippen LogP contribution >= 0.6 is 0 Å². The summed E-state index contributed by atoms with van der Waals surface area (Å²) in [7, 11) is -1.87. The quantitative estimate of drug-likeness (QED) is 0.309. The third-order valence-electron chi connectivity index (χ3n) is 4.66. The molecule has 0 saturated carbocycles. The lowest BCUT2D eigenvalue weighted by molar-refractivity contribution is -0.143. The largest absolute Gasteiger partial charge is 0.466 e. The summed E-state index contributed by atoms with van der Waals surface area (Å²) < 4.78 is 11.5. The number of carbonyl (C=O) groups excluding carboxylic acids is 2. The van der Waals surface area contributed by atoms with Crippen molar-refractivity contribution >= 4 is 20.6 Å². The van der Waals surface area contributed by atoms with E-state index in [1.807, 2.05) is 13.8 Å². The molecule has 0 rings (SSSR count). The van der Waals surface area contributed by atoms with Crippen molar-refractivity contribution in [1.82, 2.24) is 0 Å². The second-order valence-corrected chi connectivity index (χ2v) is 12.6. The molecule has 0 fully saturated rings. The van der Waals surface area contributed by atoms with Crippen LogP contribution in [0.2, 0.25) is 18.1 Å². The average molecular weight is 345 g/mol. The summed E-state index contributed by atoms with van der Waals surface area (Å²) in [4.78, 5) is 22.4. The molecule has 0 aliphatic carbocycles. The summed E-state index contributed by atoms with van der Waals surface area (Å²) in [6.45, 7) is 15.3. The second kappa shape index (κ2) is 10.2. The molecule has 0 amide bonds. The van der Waals surface area contributed by atoms with Crippen LogP contribution in [-0.4, -0.2) is 33.3 Å². The summed E-state index contributed by atoms with van der Waals surface area (Å²) >= 11 is 0. The van der Waals surface area contributed by atoms with Crippen molar-refractivity contribution < 1.29 is 18.8 Å². The van der Waals surface area contributed by atoms with Crippen molar-refractivity contribution in [1.29, 1.82) is 0 Å². The Morgan fingerprint density at radius 2 is 1.78 bits per heavy atom. The normalized spacial score (nSPS) is 15.1. The Bertz CT molecular complexity index is 361. The first kappa shape index (κ1) is 22.3. The van der Waals surface area contributed by atoms with Gasteiger partial charge in [-0.1, -0.05) is 34.1 Å². The van der Waals surface area contributed by atoms with Crippen molar-refractivity contribution in [2.75, 3.05) is 6.61 Å². The van der Waals surface area contributed by atoms with E-state index >= 15 is 0 Å². The molecule has 0 radical (unpaired) electrons. The van der Waals surface area contributed by atoms with Gasteiger partial charge >= 0.3 is 5.97 Å². The molecule has 0 bridgehead atoms. The zero-order valence-electron chi connectivity index (χ0n) is 16.1. The third kappa shape index (κ3) is 9.25. The van der Waals surface area contributed by atoms with Crippen molar-refractivity contribution in [3.05, 3.63) is 0 Å². The molecule has 0 saturated heterocycles. The minimum absolute atomic E-state index is 0.0687. The van der Waals surface area contributed by atoms with Crippen LogP contribution in [0.25, 0.3) is 0 Å². The van der Waals surface area contributed by atoms with Gasteiger partial charge in [0.25, 0.3) is 0 Å². The minimum atomic E-state index is -1.87. The van der Waals surface area contributed by atoms with Gasteiger partial charge in [0, 0.05) is 18.4 Å². The van der Waals surface area contributed by atoms with Gasteiger partial charge in [-0.25, -0.2) is 0 Å². The molecule has 0 spiro atoms. The standard InChI is InChI=1S/C18H36O4Si/c1-8-21-17(20)13-12-16(11-9-10-15(2)14-19)22-23(6,7)18(3,4)5/h14-16H,8-13H2,1-7H3/t15-,16-/m1/s1. The Kier molecular flexibility index (Phi) is 9.93. The second-order valence-electron chi connectivity index (χ2n) is 7.89. The van der Waals surface area contributed by atoms with Crippen LogP contribution in [0.4, 0.5) is 0 Å². The van der Waals surface area contributed by atoms with Gasteiger partial charge in [-0.15, -0.1) is 0 Å². The van der Waals surface area contributed by atoms with Gasteiger partial charge in [-0.2, -0.15) is 0 Å². The predicted octanol–water partition coefficient (Wildman–Crippen LogP) is 4.73. The summed E-state index contributed by atoms with van der Waals surface area (Å²) in [5.74, 6) is -0.0637. The Morgan fingerprint density at radius 3 is 2.26 bits per heavy atom. The monoisotopic (exact) mass is 344 g/mol. The Labute approximate surface area is 143 Å². The van der Waals surface area contributed by atoms with Crippen LogP contribution in [0.3, 0.4) is 0 Å². The summed E-state index contributed by atoms with van der Waals surface area (Å²) in [6.07, 6.45) is 4.88. The molecule has 0 N–H and O–H groups in total. The first-order valence-electron chi connectivity index (χ1n) is 8.82. The molecule has 0 aromatic rings. The first-order valence-corrected chi connectivity index (χ1v) is 11.7. The van der Waals surface area contributed by atoms with E-state index in [9.17, 15) is 9.59 Å². The van der Waals surface area contributed by atoms with Crippen LogP contribution in [0.15, 0.2) is 0 Å². The molecule has 2 atom stereocenters. The highest BCUT2D eigenvalue weighted by Gasteiger charge is 2.39. The Balaban J connectivity index is 4.65. The fraction of sp³-hybridized carbons (Fsp3) is 0.889. The van der Waals surface area contributed by atoms with E-state index in [-0.39, 0.29) is 23.0 Å².